The Hall–Kier alpha value is -3.16. The molecular weight excluding hydrogens is 378 g/mol. The summed E-state index contributed by atoms with van der Waals surface area (Å²) in [5.74, 6) is 1.19. The maximum atomic E-state index is 11.6. The van der Waals surface area contributed by atoms with Gasteiger partial charge in [0, 0.05) is 23.5 Å². The van der Waals surface area contributed by atoms with Gasteiger partial charge in [0.25, 0.3) is 5.56 Å². The Bertz CT molecular complexity index is 1220. The zero-order valence-corrected chi connectivity index (χ0v) is 18.1. The number of hydrogen-bond acceptors (Lipinski definition) is 5. The molecule has 0 radical (unpaired) electrons. The maximum absolute atomic E-state index is 11.6. The molecule has 0 atom stereocenters. The molecule has 0 bridgehead atoms. The van der Waals surface area contributed by atoms with Crippen LogP contribution in [0, 0.1) is 6.92 Å². The van der Waals surface area contributed by atoms with E-state index in [1.54, 1.807) is 6.92 Å². The standard InChI is InChI=1S/C11H15N3O.C10H14N4.CH4/c1-7-12-9-8(10(15)13-7)5-6-14(9)11(2,3)4;1-10(2,3)14-5-4-7-8(11)12-6-13-9(7)14;/h5-6H,1-4H3,(H,12,13,15);4-6H,1-3H3,(H2,11,12,13);1H4. The minimum absolute atomic E-state index is 0. The minimum Gasteiger partial charge on any atom is -0.383 e. The molecule has 8 heteroatoms. The van der Waals surface area contributed by atoms with Crippen LogP contribution in [0.3, 0.4) is 0 Å². The van der Waals surface area contributed by atoms with Crippen LogP contribution in [0.5, 0.6) is 0 Å². The molecule has 8 nitrogen and oxygen atoms in total. The minimum atomic E-state index is -0.0690. The number of nitrogens with zero attached hydrogens (tertiary/aromatic N) is 5. The fourth-order valence-electron chi connectivity index (χ4n) is 3.19. The number of aromatic nitrogens is 6. The predicted molar refractivity (Wildman–Crippen MR) is 124 cm³/mol. The molecule has 4 aromatic rings. The molecule has 0 amide bonds. The third kappa shape index (κ3) is 4.37. The van der Waals surface area contributed by atoms with E-state index < -0.39 is 0 Å². The highest BCUT2D eigenvalue weighted by molar-refractivity contribution is 5.86. The van der Waals surface area contributed by atoms with Crippen molar-refractivity contribution in [2.45, 2.75) is 67.0 Å². The van der Waals surface area contributed by atoms with Gasteiger partial charge in [-0.05, 0) is 60.6 Å². The van der Waals surface area contributed by atoms with E-state index in [0.29, 0.717) is 17.0 Å². The number of anilines is 1. The maximum Gasteiger partial charge on any atom is 0.260 e. The van der Waals surface area contributed by atoms with Gasteiger partial charge >= 0.3 is 0 Å². The second-order valence-electron chi connectivity index (χ2n) is 9.10. The first-order valence-electron chi connectivity index (χ1n) is 9.56. The van der Waals surface area contributed by atoms with E-state index in [1.165, 1.54) is 6.33 Å². The van der Waals surface area contributed by atoms with Crippen molar-refractivity contribution in [3.8, 4) is 0 Å². The molecule has 0 unspecified atom stereocenters. The van der Waals surface area contributed by atoms with E-state index in [2.05, 4.69) is 66.0 Å². The molecule has 4 heterocycles. The molecule has 0 saturated heterocycles. The highest BCUT2D eigenvalue weighted by Crippen LogP contribution is 2.24. The van der Waals surface area contributed by atoms with Gasteiger partial charge in [0.05, 0.1) is 10.8 Å². The van der Waals surface area contributed by atoms with Crippen LogP contribution in [0.1, 0.15) is 54.8 Å². The SMILES string of the molecule is C.CC(C)(C)n1ccc2c(N)ncnc21.Cc1nc2c(ccn2C(C)(C)C)c(=O)[nH]1. The van der Waals surface area contributed by atoms with Crippen molar-refractivity contribution >= 4 is 27.9 Å². The predicted octanol–water partition coefficient (Wildman–Crippen LogP) is 4.19. The monoisotopic (exact) mass is 411 g/mol. The smallest absolute Gasteiger partial charge is 0.260 e. The van der Waals surface area contributed by atoms with Crippen molar-refractivity contribution in [2.24, 2.45) is 0 Å². The highest BCUT2D eigenvalue weighted by Gasteiger charge is 2.18. The fourth-order valence-corrected chi connectivity index (χ4v) is 3.19. The van der Waals surface area contributed by atoms with Crippen LogP contribution in [0.2, 0.25) is 0 Å². The fraction of sp³-hybridized carbons (Fsp3) is 0.455. The van der Waals surface area contributed by atoms with E-state index >= 15 is 0 Å². The molecule has 3 N–H and O–H groups in total. The quantitative estimate of drug-likeness (QED) is 0.451. The Morgan fingerprint density at radius 2 is 1.43 bits per heavy atom. The Balaban J connectivity index is 0.000000207. The van der Waals surface area contributed by atoms with Gasteiger partial charge in [0.2, 0.25) is 0 Å². The summed E-state index contributed by atoms with van der Waals surface area (Å²) in [6, 6.07) is 3.77. The molecule has 0 aromatic carbocycles. The Morgan fingerprint density at radius 3 is 2.00 bits per heavy atom. The molecular formula is C22H33N7O. The summed E-state index contributed by atoms with van der Waals surface area (Å²) in [5.41, 5.74) is 7.28. The molecule has 162 valence electrons. The number of nitrogens with one attached hydrogen (secondary N) is 1. The van der Waals surface area contributed by atoms with Gasteiger partial charge in [-0.25, -0.2) is 15.0 Å². The van der Waals surface area contributed by atoms with Crippen LogP contribution in [0.4, 0.5) is 5.82 Å². The van der Waals surface area contributed by atoms with E-state index in [0.717, 1.165) is 16.7 Å². The summed E-state index contributed by atoms with van der Waals surface area (Å²) >= 11 is 0. The molecule has 0 spiro atoms. The van der Waals surface area contributed by atoms with Crippen molar-refractivity contribution in [3.63, 3.8) is 0 Å². The summed E-state index contributed by atoms with van der Waals surface area (Å²) in [5, 5.41) is 1.57. The van der Waals surface area contributed by atoms with E-state index in [1.807, 2.05) is 29.1 Å². The van der Waals surface area contributed by atoms with Crippen LogP contribution in [0.15, 0.2) is 35.6 Å². The molecule has 0 aliphatic rings. The van der Waals surface area contributed by atoms with Crippen molar-refractivity contribution in [2.75, 3.05) is 5.73 Å². The normalized spacial score (nSPS) is 11.8. The number of hydrogen-bond donors (Lipinski definition) is 2. The van der Waals surface area contributed by atoms with Crippen LogP contribution < -0.4 is 11.3 Å². The first kappa shape index (κ1) is 23.1. The zero-order chi connectivity index (χ0) is 21.6. The van der Waals surface area contributed by atoms with Gasteiger partial charge in [-0.1, -0.05) is 7.43 Å². The third-order valence-electron chi connectivity index (χ3n) is 4.63. The highest BCUT2D eigenvalue weighted by atomic mass is 16.1. The summed E-state index contributed by atoms with van der Waals surface area (Å²) in [4.78, 5) is 26.9. The number of aromatic amines is 1. The van der Waals surface area contributed by atoms with Crippen LogP contribution in [-0.4, -0.2) is 29.1 Å². The first-order chi connectivity index (χ1) is 13.4. The third-order valence-corrected chi connectivity index (χ3v) is 4.63. The van der Waals surface area contributed by atoms with Gasteiger partial charge < -0.3 is 19.9 Å². The lowest BCUT2D eigenvalue weighted by Gasteiger charge is -2.21. The largest absolute Gasteiger partial charge is 0.383 e. The molecule has 30 heavy (non-hydrogen) atoms. The Kier molecular flexibility index (Phi) is 6.11. The van der Waals surface area contributed by atoms with E-state index in [-0.39, 0.29) is 24.1 Å². The molecule has 4 aromatic heterocycles. The van der Waals surface area contributed by atoms with Crippen molar-refractivity contribution < 1.29 is 0 Å². The number of fused-ring (bicyclic) bond motifs is 2. The van der Waals surface area contributed by atoms with E-state index in [9.17, 15) is 4.79 Å². The van der Waals surface area contributed by atoms with Crippen molar-refractivity contribution in [1.82, 2.24) is 29.1 Å². The Morgan fingerprint density at radius 1 is 0.900 bits per heavy atom. The van der Waals surface area contributed by atoms with Gasteiger partial charge in [0.1, 0.15) is 29.3 Å². The average molecular weight is 412 g/mol. The van der Waals surface area contributed by atoms with Crippen LogP contribution >= 0.6 is 0 Å². The number of H-pyrrole nitrogens is 1. The van der Waals surface area contributed by atoms with E-state index in [4.69, 9.17) is 5.73 Å². The zero-order valence-electron chi connectivity index (χ0n) is 18.1. The van der Waals surface area contributed by atoms with Crippen molar-refractivity contribution in [1.29, 1.82) is 0 Å². The molecule has 0 saturated carbocycles. The average Bonchev–Trinajstić information content (AvgIpc) is 3.19. The summed E-state index contributed by atoms with van der Waals surface area (Å²) in [6.45, 7) is 14.4. The number of aryl methyl sites for hydroxylation is 1. The number of nitrogens with two attached hydrogens (primary N) is 1. The van der Waals surface area contributed by atoms with Gasteiger partial charge in [-0.3, -0.25) is 4.79 Å². The van der Waals surface area contributed by atoms with Gasteiger partial charge in [-0.15, -0.1) is 0 Å². The van der Waals surface area contributed by atoms with Crippen molar-refractivity contribution in [3.05, 3.63) is 47.0 Å². The summed E-state index contributed by atoms with van der Waals surface area (Å²) in [6.07, 6.45) is 5.40. The van der Waals surface area contributed by atoms with Gasteiger partial charge in [-0.2, -0.15) is 0 Å². The molecule has 0 fully saturated rings. The second kappa shape index (κ2) is 7.93. The first-order valence-corrected chi connectivity index (χ1v) is 9.56. The lowest BCUT2D eigenvalue weighted by molar-refractivity contribution is 0.408. The topological polar surface area (TPSA) is 107 Å². The summed E-state index contributed by atoms with van der Waals surface area (Å²) < 4.78 is 4.12. The lowest BCUT2D eigenvalue weighted by Crippen LogP contribution is -2.22. The Labute approximate surface area is 177 Å². The number of rotatable bonds is 0. The number of nitrogen functional groups attached to an aromatic ring is 1. The lowest BCUT2D eigenvalue weighted by atomic mass is 10.1. The molecule has 0 aliphatic carbocycles. The van der Waals surface area contributed by atoms with Crippen LogP contribution in [-0.2, 0) is 11.1 Å². The van der Waals surface area contributed by atoms with Gasteiger partial charge in [0.15, 0.2) is 0 Å². The molecule has 4 rings (SSSR count). The summed E-state index contributed by atoms with van der Waals surface area (Å²) in [7, 11) is 0. The molecule has 0 aliphatic heterocycles. The second-order valence-corrected chi connectivity index (χ2v) is 9.10. The van der Waals surface area contributed by atoms with Crippen LogP contribution in [0.25, 0.3) is 22.1 Å².